The first-order valence-electron chi connectivity index (χ1n) is 5.54. The molecule has 0 aromatic heterocycles. The lowest BCUT2D eigenvalue weighted by Crippen LogP contribution is -2.04. The lowest BCUT2D eigenvalue weighted by molar-refractivity contribution is 0.211. The minimum atomic E-state index is 0.795. The van der Waals surface area contributed by atoms with Crippen LogP contribution in [0.4, 0.5) is 0 Å². The van der Waals surface area contributed by atoms with Crippen molar-refractivity contribution in [1.29, 1.82) is 0 Å². The van der Waals surface area contributed by atoms with Crippen LogP contribution in [0.1, 0.15) is 18.4 Å². The molecule has 0 heterocycles. The summed E-state index contributed by atoms with van der Waals surface area (Å²) in [7, 11) is 3.10. The molecule has 0 amide bonds. The first kappa shape index (κ1) is 13.2. The third-order valence-electron chi connectivity index (χ3n) is 2.21. The number of hydrogen-bond donors (Lipinski definition) is 0. The molecular formula is C13H18N2O2. The van der Waals surface area contributed by atoms with E-state index in [0.717, 1.165) is 25.0 Å². The fourth-order valence-electron chi connectivity index (χ4n) is 1.49. The van der Waals surface area contributed by atoms with E-state index in [2.05, 4.69) is 27.3 Å². The van der Waals surface area contributed by atoms with Crippen molar-refractivity contribution >= 4 is 11.9 Å². The summed E-state index contributed by atoms with van der Waals surface area (Å²) in [5.74, 6) is 0. The van der Waals surface area contributed by atoms with Gasteiger partial charge < -0.3 is 9.68 Å². The predicted octanol–water partition coefficient (Wildman–Crippen LogP) is 2.64. The van der Waals surface area contributed by atoms with Crippen molar-refractivity contribution < 1.29 is 9.68 Å². The highest BCUT2D eigenvalue weighted by atomic mass is 16.6. The standard InChI is InChI=1S/C13H18N2O2/c1-16-14-10-6-9-13(15-17-2)11-12-7-4-3-5-8-12/h3-5,7-8,10H,6,9,11H2,1-2H3. The Kier molecular flexibility index (Phi) is 6.48. The summed E-state index contributed by atoms with van der Waals surface area (Å²) in [5, 5.41) is 7.72. The third kappa shape index (κ3) is 5.70. The second-order valence-electron chi connectivity index (χ2n) is 3.51. The molecule has 0 aliphatic heterocycles. The van der Waals surface area contributed by atoms with Crippen molar-refractivity contribution in [2.75, 3.05) is 14.2 Å². The minimum absolute atomic E-state index is 0.795. The minimum Gasteiger partial charge on any atom is -0.399 e. The topological polar surface area (TPSA) is 43.2 Å². The van der Waals surface area contributed by atoms with Crippen LogP contribution in [-0.2, 0) is 16.1 Å². The van der Waals surface area contributed by atoms with E-state index in [9.17, 15) is 0 Å². The number of benzene rings is 1. The molecule has 1 rings (SSSR count). The molecule has 0 bridgehead atoms. The van der Waals surface area contributed by atoms with Gasteiger partial charge in [-0.3, -0.25) is 0 Å². The van der Waals surface area contributed by atoms with Crippen LogP contribution in [0.15, 0.2) is 40.6 Å². The molecular weight excluding hydrogens is 216 g/mol. The van der Waals surface area contributed by atoms with Crippen LogP contribution < -0.4 is 0 Å². The molecule has 0 unspecified atom stereocenters. The molecule has 17 heavy (non-hydrogen) atoms. The Hall–Kier alpha value is -1.84. The zero-order chi connectivity index (χ0) is 12.3. The van der Waals surface area contributed by atoms with Crippen LogP contribution >= 0.6 is 0 Å². The zero-order valence-electron chi connectivity index (χ0n) is 10.3. The molecule has 0 N–H and O–H groups in total. The average Bonchev–Trinajstić information content (AvgIpc) is 2.36. The van der Waals surface area contributed by atoms with Gasteiger partial charge in [0.1, 0.15) is 14.2 Å². The fourth-order valence-corrected chi connectivity index (χ4v) is 1.49. The van der Waals surface area contributed by atoms with E-state index >= 15 is 0 Å². The largest absolute Gasteiger partial charge is 0.399 e. The number of hydrogen-bond acceptors (Lipinski definition) is 4. The highest BCUT2D eigenvalue weighted by molar-refractivity contribution is 5.87. The molecule has 0 aliphatic rings. The maximum Gasteiger partial charge on any atom is 0.106 e. The van der Waals surface area contributed by atoms with E-state index in [1.54, 1.807) is 13.3 Å². The molecule has 1 aromatic carbocycles. The van der Waals surface area contributed by atoms with Gasteiger partial charge in [0, 0.05) is 12.6 Å². The zero-order valence-corrected chi connectivity index (χ0v) is 10.3. The maximum atomic E-state index is 4.85. The van der Waals surface area contributed by atoms with Crippen molar-refractivity contribution in [2.24, 2.45) is 10.3 Å². The van der Waals surface area contributed by atoms with Gasteiger partial charge in [-0.15, -0.1) is 0 Å². The maximum absolute atomic E-state index is 4.85. The smallest absolute Gasteiger partial charge is 0.106 e. The second kappa shape index (κ2) is 8.33. The Morgan fingerprint density at radius 2 is 1.94 bits per heavy atom. The molecule has 4 nitrogen and oxygen atoms in total. The Bertz CT molecular complexity index is 361. The van der Waals surface area contributed by atoms with E-state index < -0.39 is 0 Å². The summed E-state index contributed by atoms with van der Waals surface area (Å²) in [6, 6.07) is 10.2. The van der Waals surface area contributed by atoms with E-state index in [1.165, 1.54) is 12.7 Å². The summed E-state index contributed by atoms with van der Waals surface area (Å²) >= 11 is 0. The average molecular weight is 234 g/mol. The van der Waals surface area contributed by atoms with Crippen molar-refractivity contribution in [3.8, 4) is 0 Å². The number of rotatable bonds is 7. The van der Waals surface area contributed by atoms with E-state index in [0.29, 0.717) is 0 Å². The summed E-state index contributed by atoms with van der Waals surface area (Å²) in [4.78, 5) is 9.45. The first-order chi connectivity index (χ1) is 8.36. The molecule has 0 fully saturated rings. The van der Waals surface area contributed by atoms with Crippen LogP contribution in [0.3, 0.4) is 0 Å². The summed E-state index contributed by atoms with van der Waals surface area (Å²) in [5.41, 5.74) is 2.23. The molecule has 0 saturated heterocycles. The van der Waals surface area contributed by atoms with Gasteiger partial charge in [0.15, 0.2) is 0 Å². The molecule has 1 aromatic rings. The van der Waals surface area contributed by atoms with Gasteiger partial charge in [-0.2, -0.15) is 0 Å². The second-order valence-corrected chi connectivity index (χ2v) is 3.51. The van der Waals surface area contributed by atoms with Crippen LogP contribution in [0.5, 0.6) is 0 Å². The van der Waals surface area contributed by atoms with Gasteiger partial charge in [0.2, 0.25) is 0 Å². The van der Waals surface area contributed by atoms with Crippen molar-refractivity contribution in [1.82, 2.24) is 0 Å². The molecule has 0 radical (unpaired) electrons. The van der Waals surface area contributed by atoms with E-state index in [1.807, 2.05) is 18.2 Å². The SMILES string of the molecule is CON=CCCC(Cc1ccccc1)=NOC. The first-order valence-corrected chi connectivity index (χ1v) is 5.54. The molecule has 0 spiro atoms. The van der Waals surface area contributed by atoms with Crippen LogP contribution in [0.2, 0.25) is 0 Å². The van der Waals surface area contributed by atoms with Gasteiger partial charge in [0.25, 0.3) is 0 Å². The Morgan fingerprint density at radius 3 is 2.59 bits per heavy atom. The summed E-state index contributed by atoms with van der Waals surface area (Å²) < 4.78 is 0. The van der Waals surface area contributed by atoms with E-state index in [4.69, 9.17) is 4.84 Å². The monoisotopic (exact) mass is 234 g/mol. The highest BCUT2D eigenvalue weighted by Gasteiger charge is 2.01. The Balaban J connectivity index is 2.49. The lowest BCUT2D eigenvalue weighted by Gasteiger charge is -2.04. The summed E-state index contributed by atoms with van der Waals surface area (Å²) in [6.45, 7) is 0. The van der Waals surface area contributed by atoms with Gasteiger partial charge in [-0.1, -0.05) is 40.6 Å². The fraction of sp³-hybridized carbons (Fsp3) is 0.385. The molecule has 0 aliphatic carbocycles. The molecule has 4 heteroatoms. The predicted molar refractivity (Wildman–Crippen MR) is 69.3 cm³/mol. The van der Waals surface area contributed by atoms with Crippen LogP contribution in [0, 0.1) is 0 Å². The van der Waals surface area contributed by atoms with Crippen LogP contribution in [0.25, 0.3) is 0 Å². The van der Waals surface area contributed by atoms with Gasteiger partial charge in [0.05, 0.1) is 5.71 Å². The lowest BCUT2D eigenvalue weighted by atomic mass is 10.1. The normalized spacial score (nSPS) is 11.8. The Labute approximate surface area is 102 Å². The molecule has 0 atom stereocenters. The van der Waals surface area contributed by atoms with Crippen molar-refractivity contribution in [2.45, 2.75) is 19.3 Å². The van der Waals surface area contributed by atoms with E-state index in [-0.39, 0.29) is 0 Å². The molecule has 92 valence electrons. The van der Waals surface area contributed by atoms with Crippen molar-refractivity contribution in [3.63, 3.8) is 0 Å². The number of oxime groups is 2. The quantitative estimate of drug-likeness (QED) is 0.537. The summed E-state index contributed by atoms with van der Waals surface area (Å²) in [6.07, 6.45) is 4.14. The van der Waals surface area contributed by atoms with Crippen molar-refractivity contribution in [3.05, 3.63) is 35.9 Å². The Morgan fingerprint density at radius 1 is 1.18 bits per heavy atom. The molecule has 0 saturated carbocycles. The highest BCUT2D eigenvalue weighted by Crippen LogP contribution is 2.05. The van der Waals surface area contributed by atoms with Crippen LogP contribution in [-0.4, -0.2) is 26.1 Å². The van der Waals surface area contributed by atoms with Gasteiger partial charge in [-0.25, -0.2) is 0 Å². The van der Waals surface area contributed by atoms with Gasteiger partial charge in [-0.05, 0) is 18.4 Å². The number of nitrogens with zero attached hydrogens (tertiary/aromatic N) is 2. The third-order valence-corrected chi connectivity index (χ3v) is 2.21. The van der Waals surface area contributed by atoms with Gasteiger partial charge >= 0.3 is 0 Å².